The molecule has 0 N–H and O–H groups in total. The van der Waals surface area contributed by atoms with E-state index in [9.17, 15) is 4.79 Å². The van der Waals surface area contributed by atoms with Gasteiger partial charge in [0.15, 0.2) is 11.3 Å². The van der Waals surface area contributed by atoms with Crippen LogP contribution >= 0.6 is 33.9 Å². The highest BCUT2D eigenvalue weighted by Gasteiger charge is 2.08. The smallest absolute Gasteiger partial charge is 0.174 e. The van der Waals surface area contributed by atoms with Gasteiger partial charge in [-0.15, -0.1) is 0 Å². The number of carbonyl (C=O) groups excluding carboxylic acids is 1. The Balaban J connectivity index is 2.79. The molecule has 0 unspecified atom stereocenters. The molecule has 72 valence electrons. The van der Waals surface area contributed by atoms with Gasteiger partial charge in [0.1, 0.15) is 0 Å². The standard InChI is InChI=1S/C10H7IO2S/c1-13-10-4-6-7(5-12)8(11)2-3-9(6)14-10/h2-5H,1H3. The van der Waals surface area contributed by atoms with Gasteiger partial charge in [0.2, 0.25) is 0 Å². The van der Waals surface area contributed by atoms with Crippen molar-refractivity contribution < 1.29 is 9.53 Å². The first-order valence-corrected chi connectivity index (χ1v) is 5.87. The molecule has 0 spiro atoms. The Morgan fingerprint density at radius 3 is 2.93 bits per heavy atom. The maximum absolute atomic E-state index is 10.9. The molecule has 0 amide bonds. The first kappa shape index (κ1) is 9.92. The lowest BCUT2D eigenvalue weighted by atomic mass is 10.1. The Kier molecular flexibility index (Phi) is 2.73. The molecule has 1 heterocycles. The van der Waals surface area contributed by atoms with Gasteiger partial charge in [-0.1, -0.05) is 11.3 Å². The molecule has 14 heavy (non-hydrogen) atoms. The van der Waals surface area contributed by atoms with Gasteiger partial charge in [0.05, 0.1) is 7.11 Å². The average molecular weight is 318 g/mol. The van der Waals surface area contributed by atoms with Gasteiger partial charge in [-0.25, -0.2) is 0 Å². The zero-order valence-corrected chi connectivity index (χ0v) is 10.4. The summed E-state index contributed by atoms with van der Waals surface area (Å²) < 4.78 is 7.20. The largest absolute Gasteiger partial charge is 0.487 e. The molecule has 0 aliphatic heterocycles. The minimum Gasteiger partial charge on any atom is -0.487 e. The lowest BCUT2D eigenvalue weighted by molar-refractivity contribution is 0.112. The molecule has 0 aliphatic rings. The van der Waals surface area contributed by atoms with Crippen LogP contribution in [0.4, 0.5) is 0 Å². The van der Waals surface area contributed by atoms with E-state index in [-0.39, 0.29) is 0 Å². The van der Waals surface area contributed by atoms with E-state index in [1.54, 1.807) is 18.4 Å². The molecule has 0 aliphatic carbocycles. The van der Waals surface area contributed by atoms with Crippen LogP contribution in [0.2, 0.25) is 0 Å². The number of thiophene rings is 1. The fourth-order valence-corrected chi connectivity index (χ4v) is 2.79. The van der Waals surface area contributed by atoms with Crippen LogP contribution in [0.1, 0.15) is 10.4 Å². The Labute approximate surface area is 99.0 Å². The van der Waals surface area contributed by atoms with E-state index >= 15 is 0 Å². The van der Waals surface area contributed by atoms with Crippen molar-refractivity contribution in [2.75, 3.05) is 7.11 Å². The van der Waals surface area contributed by atoms with E-state index in [0.717, 1.165) is 30.6 Å². The molecule has 0 saturated carbocycles. The maximum atomic E-state index is 10.9. The lowest BCUT2D eigenvalue weighted by Gasteiger charge is -1.96. The maximum Gasteiger partial charge on any atom is 0.174 e. The van der Waals surface area contributed by atoms with Crippen molar-refractivity contribution in [2.45, 2.75) is 0 Å². The quantitative estimate of drug-likeness (QED) is 0.627. The number of aldehydes is 1. The molecular formula is C10H7IO2S. The lowest BCUT2D eigenvalue weighted by Crippen LogP contribution is -1.85. The zero-order chi connectivity index (χ0) is 10.1. The molecule has 2 rings (SSSR count). The Hall–Kier alpha value is -0.620. The zero-order valence-electron chi connectivity index (χ0n) is 7.41. The number of carbonyl (C=O) groups is 1. The SMILES string of the molecule is COc1cc2c(C=O)c(I)ccc2s1. The van der Waals surface area contributed by atoms with E-state index in [1.807, 2.05) is 18.2 Å². The average Bonchev–Trinajstić information content (AvgIpc) is 2.60. The van der Waals surface area contributed by atoms with Crippen LogP contribution < -0.4 is 4.74 Å². The van der Waals surface area contributed by atoms with Crippen molar-refractivity contribution in [1.82, 2.24) is 0 Å². The molecule has 1 aromatic carbocycles. The number of hydrogen-bond donors (Lipinski definition) is 0. The number of methoxy groups -OCH3 is 1. The molecule has 4 heteroatoms. The number of halogens is 1. The predicted molar refractivity (Wildman–Crippen MR) is 66.5 cm³/mol. The van der Waals surface area contributed by atoms with Crippen LogP contribution in [0.3, 0.4) is 0 Å². The number of rotatable bonds is 2. The molecule has 0 atom stereocenters. The minimum absolute atomic E-state index is 0.752. The third-order valence-electron chi connectivity index (χ3n) is 1.99. The van der Waals surface area contributed by atoms with Gasteiger partial charge in [0.25, 0.3) is 0 Å². The first-order chi connectivity index (χ1) is 6.76. The summed E-state index contributed by atoms with van der Waals surface area (Å²) in [6.45, 7) is 0. The normalized spacial score (nSPS) is 10.4. The summed E-state index contributed by atoms with van der Waals surface area (Å²) in [7, 11) is 1.64. The molecule has 0 radical (unpaired) electrons. The van der Waals surface area contributed by atoms with Crippen molar-refractivity contribution in [1.29, 1.82) is 0 Å². The fraction of sp³-hybridized carbons (Fsp3) is 0.100. The summed E-state index contributed by atoms with van der Waals surface area (Å²) in [5, 5.41) is 1.82. The Morgan fingerprint density at radius 2 is 2.29 bits per heavy atom. The predicted octanol–water partition coefficient (Wildman–Crippen LogP) is 3.33. The highest BCUT2D eigenvalue weighted by atomic mass is 127. The van der Waals surface area contributed by atoms with Crippen molar-refractivity contribution in [3.63, 3.8) is 0 Å². The highest BCUT2D eigenvalue weighted by molar-refractivity contribution is 14.1. The molecule has 1 aromatic heterocycles. The van der Waals surface area contributed by atoms with Crippen LogP contribution in [0.25, 0.3) is 10.1 Å². The van der Waals surface area contributed by atoms with Gasteiger partial charge in [-0.05, 0) is 34.7 Å². The topological polar surface area (TPSA) is 26.3 Å². The summed E-state index contributed by atoms with van der Waals surface area (Å²) in [5.41, 5.74) is 0.752. The van der Waals surface area contributed by atoms with Crippen LogP contribution in [0, 0.1) is 3.57 Å². The van der Waals surface area contributed by atoms with Gasteiger partial charge < -0.3 is 4.74 Å². The summed E-state index contributed by atoms with van der Waals surface area (Å²) >= 11 is 3.71. The van der Waals surface area contributed by atoms with Crippen LogP contribution in [0.15, 0.2) is 18.2 Å². The first-order valence-electron chi connectivity index (χ1n) is 3.97. The summed E-state index contributed by atoms with van der Waals surface area (Å²) in [5.74, 6) is 0. The monoisotopic (exact) mass is 318 g/mol. The molecule has 0 bridgehead atoms. The van der Waals surface area contributed by atoms with Crippen molar-refractivity contribution in [3.05, 3.63) is 27.3 Å². The van der Waals surface area contributed by atoms with Crippen LogP contribution in [0.5, 0.6) is 5.06 Å². The number of fused-ring (bicyclic) bond motifs is 1. The van der Waals surface area contributed by atoms with E-state index in [0.29, 0.717) is 0 Å². The Morgan fingerprint density at radius 1 is 1.50 bits per heavy atom. The van der Waals surface area contributed by atoms with Gasteiger partial charge >= 0.3 is 0 Å². The number of ether oxygens (including phenoxy) is 1. The third-order valence-corrected chi connectivity index (χ3v) is 3.99. The van der Waals surface area contributed by atoms with E-state index in [4.69, 9.17) is 4.74 Å². The van der Waals surface area contributed by atoms with Crippen molar-refractivity contribution in [2.24, 2.45) is 0 Å². The van der Waals surface area contributed by atoms with Crippen LogP contribution in [-0.2, 0) is 0 Å². The number of benzene rings is 1. The minimum atomic E-state index is 0.752. The molecule has 0 saturated heterocycles. The summed E-state index contributed by atoms with van der Waals surface area (Å²) in [6.07, 6.45) is 0.899. The van der Waals surface area contributed by atoms with E-state index in [1.165, 1.54) is 0 Å². The van der Waals surface area contributed by atoms with Gasteiger partial charge in [-0.3, -0.25) is 4.79 Å². The molecular weight excluding hydrogens is 311 g/mol. The molecule has 2 aromatic rings. The number of hydrogen-bond acceptors (Lipinski definition) is 3. The second-order valence-electron chi connectivity index (χ2n) is 2.76. The van der Waals surface area contributed by atoms with Crippen LogP contribution in [-0.4, -0.2) is 13.4 Å². The van der Waals surface area contributed by atoms with Crippen molar-refractivity contribution >= 4 is 50.3 Å². The Bertz CT molecular complexity index is 490. The highest BCUT2D eigenvalue weighted by Crippen LogP contribution is 2.34. The second kappa shape index (κ2) is 3.86. The van der Waals surface area contributed by atoms with Gasteiger partial charge in [-0.2, -0.15) is 0 Å². The van der Waals surface area contributed by atoms with Gasteiger partial charge in [0, 0.05) is 25.3 Å². The molecule has 2 nitrogen and oxygen atoms in total. The van der Waals surface area contributed by atoms with E-state index < -0.39 is 0 Å². The van der Waals surface area contributed by atoms with E-state index in [2.05, 4.69) is 22.6 Å². The third kappa shape index (κ3) is 1.52. The molecule has 0 fully saturated rings. The summed E-state index contributed by atoms with van der Waals surface area (Å²) in [4.78, 5) is 10.9. The van der Waals surface area contributed by atoms with Crippen molar-refractivity contribution in [3.8, 4) is 5.06 Å². The summed E-state index contributed by atoms with van der Waals surface area (Å²) in [6, 6.07) is 5.87. The second-order valence-corrected chi connectivity index (χ2v) is 4.97. The fourth-order valence-electron chi connectivity index (χ4n) is 1.30.